The zero-order valence-electron chi connectivity index (χ0n) is 5.92. The highest BCUT2D eigenvalue weighted by molar-refractivity contribution is 4.79. The smallest absolute Gasteiger partial charge is 0.181 e. The number of likely N-dealkylation sites (N-methyl/N-ethyl adjacent to an activating group) is 1. The highest BCUT2D eigenvalue weighted by Gasteiger charge is 1.97. The van der Waals surface area contributed by atoms with Crippen molar-refractivity contribution in [2.45, 2.75) is 0 Å². The maximum Gasteiger partial charge on any atom is 0.181 e. The van der Waals surface area contributed by atoms with Gasteiger partial charge in [0.25, 0.3) is 0 Å². The van der Waals surface area contributed by atoms with Gasteiger partial charge in [0, 0.05) is 13.6 Å². The average molecular weight is 131 g/mol. The minimum absolute atomic E-state index is 0.124. The fraction of sp³-hybridized carbons (Fsp3) is 0.667. The van der Waals surface area contributed by atoms with Gasteiger partial charge in [0.1, 0.15) is 0 Å². The number of aliphatic hydroxyl groups is 1. The van der Waals surface area contributed by atoms with Gasteiger partial charge in [0.2, 0.25) is 0 Å². The van der Waals surface area contributed by atoms with Crippen molar-refractivity contribution in [2.24, 2.45) is 0 Å². The molecular formula is C6H13NO2. The van der Waals surface area contributed by atoms with E-state index in [2.05, 4.69) is 6.58 Å². The van der Waals surface area contributed by atoms with Gasteiger partial charge in [0.05, 0.1) is 13.7 Å². The molecule has 0 saturated carbocycles. The van der Waals surface area contributed by atoms with Crippen molar-refractivity contribution in [3.63, 3.8) is 0 Å². The zero-order valence-corrected chi connectivity index (χ0v) is 5.92. The summed E-state index contributed by atoms with van der Waals surface area (Å²) >= 11 is 0. The van der Waals surface area contributed by atoms with Crippen LogP contribution in [0.2, 0.25) is 0 Å². The monoisotopic (exact) mass is 131 g/mol. The van der Waals surface area contributed by atoms with Crippen LogP contribution in [0.4, 0.5) is 0 Å². The maximum absolute atomic E-state index is 8.44. The molecule has 54 valence electrons. The first-order valence-electron chi connectivity index (χ1n) is 2.77. The molecule has 0 aliphatic heterocycles. The molecule has 0 aliphatic carbocycles. The molecule has 0 rings (SSSR count). The number of hydrogen-bond acceptors (Lipinski definition) is 3. The van der Waals surface area contributed by atoms with Gasteiger partial charge < -0.3 is 14.7 Å². The minimum Gasteiger partial charge on any atom is -0.483 e. The lowest BCUT2D eigenvalue weighted by molar-refractivity contribution is 0.152. The third-order valence-electron chi connectivity index (χ3n) is 1.10. The molecule has 0 bridgehead atoms. The lowest BCUT2D eigenvalue weighted by Crippen LogP contribution is -2.21. The van der Waals surface area contributed by atoms with E-state index >= 15 is 0 Å². The Morgan fingerprint density at radius 1 is 1.78 bits per heavy atom. The zero-order chi connectivity index (χ0) is 7.28. The van der Waals surface area contributed by atoms with E-state index in [1.165, 1.54) is 0 Å². The van der Waals surface area contributed by atoms with Crippen LogP contribution in [0.1, 0.15) is 0 Å². The normalized spacial score (nSPS) is 8.78. The molecule has 0 fully saturated rings. The van der Waals surface area contributed by atoms with E-state index in [4.69, 9.17) is 9.84 Å². The largest absolute Gasteiger partial charge is 0.483 e. The van der Waals surface area contributed by atoms with Gasteiger partial charge in [-0.05, 0) is 6.58 Å². The summed E-state index contributed by atoms with van der Waals surface area (Å²) in [6.45, 7) is 4.27. The maximum atomic E-state index is 8.44. The Morgan fingerprint density at radius 2 is 2.33 bits per heavy atom. The molecule has 0 spiro atoms. The molecule has 1 N–H and O–H groups in total. The summed E-state index contributed by atoms with van der Waals surface area (Å²) in [6, 6.07) is 0. The molecule has 0 heterocycles. The highest BCUT2D eigenvalue weighted by Crippen LogP contribution is 1.95. The van der Waals surface area contributed by atoms with Gasteiger partial charge in [0.15, 0.2) is 5.88 Å². The van der Waals surface area contributed by atoms with Crippen molar-refractivity contribution in [3.05, 3.63) is 12.5 Å². The fourth-order valence-electron chi connectivity index (χ4n) is 0.431. The SMILES string of the molecule is C=C(OC)N(C)CCO. The Balaban J connectivity index is 3.45. The number of aliphatic hydroxyl groups excluding tert-OH is 1. The summed E-state index contributed by atoms with van der Waals surface area (Å²) in [6.07, 6.45) is 0. The van der Waals surface area contributed by atoms with Crippen LogP contribution in [-0.2, 0) is 4.74 Å². The molecule has 0 aromatic carbocycles. The fourth-order valence-corrected chi connectivity index (χ4v) is 0.431. The summed E-state index contributed by atoms with van der Waals surface area (Å²) in [7, 11) is 3.36. The van der Waals surface area contributed by atoms with Crippen LogP contribution in [0.15, 0.2) is 12.5 Å². The van der Waals surface area contributed by atoms with Crippen LogP contribution < -0.4 is 0 Å². The van der Waals surface area contributed by atoms with E-state index in [-0.39, 0.29) is 6.61 Å². The summed E-state index contributed by atoms with van der Waals surface area (Å²) in [4.78, 5) is 1.74. The first kappa shape index (κ1) is 8.30. The Kier molecular flexibility index (Phi) is 3.88. The van der Waals surface area contributed by atoms with Gasteiger partial charge in [-0.15, -0.1) is 0 Å². The molecule has 0 aromatic heterocycles. The highest BCUT2D eigenvalue weighted by atomic mass is 16.5. The second-order valence-electron chi connectivity index (χ2n) is 1.74. The Bertz CT molecular complexity index is 93.1. The Hall–Kier alpha value is -0.700. The van der Waals surface area contributed by atoms with Crippen molar-refractivity contribution in [3.8, 4) is 0 Å². The van der Waals surface area contributed by atoms with Gasteiger partial charge in [-0.2, -0.15) is 0 Å². The van der Waals surface area contributed by atoms with E-state index < -0.39 is 0 Å². The lowest BCUT2D eigenvalue weighted by Gasteiger charge is -2.17. The van der Waals surface area contributed by atoms with E-state index in [1.807, 2.05) is 7.05 Å². The first-order valence-corrected chi connectivity index (χ1v) is 2.77. The van der Waals surface area contributed by atoms with E-state index in [9.17, 15) is 0 Å². The standard InChI is InChI=1S/C6H13NO2/c1-6(9-3)7(2)4-5-8/h8H,1,4-5H2,2-3H3. The van der Waals surface area contributed by atoms with Crippen LogP contribution in [-0.4, -0.2) is 37.3 Å². The number of nitrogens with zero attached hydrogens (tertiary/aromatic N) is 1. The van der Waals surface area contributed by atoms with Crippen molar-refractivity contribution in [2.75, 3.05) is 27.3 Å². The summed E-state index contributed by atoms with van der Waals surface area (Å²) in [5, 5.41) is 8.44. The number of methoxy groups -OCH3 is 1. The molecule has 0 amide bonds. The van der Waals surface area contributed by atoms with Gasteiger partial charge in [-0.3, -0.25) is 0 Å². The molecule has 0 radical (unpaired) electrons. The molecule has 0 aromatic rings. The molecule has 3 nitrogen and oxygen atoms in total. The molecular weight excluding hydrogens is 118 g/mol. The van der Waals surface area contributed by atoms with Crippen LogP contribution in [0.5, 0.6) is 0 Å². The topological polar surface area (TPSA) is 32.7 Å². The minimum atomic E-state index is 0.124. The predicted molar refractivity (Wildman–Crippen MR) is 35.9 cm³/mol. The van der Waals surface area contributed by atoms with Crippen molar-refractivity contribution in [1.82, 2.24) is 4.90 Å². The summed E-state index contributed by atoms with van der Waals surface area (Å²) < 4.78 is 4.78. The number of rotatable bonds is 4. The summed E-state index contributed by atoms with van der Waals surface area (Å²) in [5.74, 6) is 0.573. The molecule has 0 aliphatic rings. The second-order valence-corrected chi connectivity index (χ2v) is 1.74. The first-order chi connectivity index (χ1) is 4.22. The Labute approximate surface area is 55.5 Å². The van der Waals surface area contributed by atoms with E-state index in [1.54, 1.807) is 12.0 Å². The molecule has 3 heteroatoms. The van der Waals surface area contributed by atoms with Crippen LogP contribution in [0, 0.1) is 0 Å². The van der Waals surface area contributed by atoms with Crippen molar-refractivity contribution >= 4 is 0 Å². The average Bonchev–Trinajstić information content (AvgIpc) is 1.87. The number of hydrogen-bond donors (Lipinski definition) is 1. The summed E-state index contributed by atoms with van der Waals surface area (Å²) in [5.41, 5.74) is 0. The Morgan fingerprint density at radius 3 is 2.67 bits per heavy atom. The molecule has 0 saturated heterocycles. The second kappa shape index (κ2) is 4.21. The number of ether oxygens (including phenoxy) is 1. The molecule has 9 heavy (non-hydrogen) atoms. The van der Waals surface area contributed by atoms with E-state index in [0.717, 1.165) is 0 Å². The third-order valence-corrected chi connectivity index (χ3v) is 1.10. The van der Waals surface area contributed by atoms with Gasteiger partial charge in [-0.1, -0.05) is 0 Å². The molecule has 0 unspecified atom stereocenters. The quantitative estimate of drug-likeness (QED) is 0.546. The van der Waals surface area contributed by atoms with Crippen LogP contribution >= 0.6 is 0 Å². The van der Waals surface area contributed by atoms with E-state index in [0.29, 0.717) is 12.4 Å². The predicted octanol–water partition coefficient (Wildman–Crippen LogP) is 0.0281. The van der Waals surface area contributed by atoms with Crippen molar-refractivity contribution < 1.29 is 9.84 Å². The lowest BCUT2D eigenvalue weighted by atomic mass is 10.6. The third kappa shape index (κ3) is 2.98. The van der Waals surface area contributed by atoms with Gasteiger partial charge in [-0.25, -0.2) is 0 Å². The van der Waals surface area contributed by atoms with Gasteiger partial charge >= 0.3 is 0 Å². The van der Waals surface area contributed by atoms with Crippen LogP contribution in [0.3, 0.4) is 0 Å². The molecule has 0 atom stereocenters. The van der Waals surface area contributed by atoms with Crippen molar-refractivity contribution in [1.29, 1.82) is 0 Å². The van der Waals surface area contributed by atoms with Crippen LogP contribution in [0.25, 0.3) is 0 Å².